The van der Waals surface area contributed by atoms with Gasteiger partial charge in [0, 0.05) is 19.8 Å². The quantitative estimate of drug-likeness (QED) is 0.135. The van der Waals surface area contributed by atoms with E-state index in [1.165, 1.54) is 6.92 Å². The second kappa shape index (κ2) is 15.2. The zero-order chi connectivity index (χ0) is 29.1. The van der Waals surface area contributed by atoms with E-state index in [-0.39, 0.29) is 31.6 Å². The third kappa shape index (κ3) is 16.2. The highest BCUT2D eigenvalue weighted by Crippen LogP contribution is 2.14. The Labute approximate surface area is 219 Å². The lowest BCUT2D eigenvalue weighted by molar-refractivity contribution is -0.156. The van der Waals surface area contributed by atoms with Crippen molar-refractivity contribution in [2.75, 3.05) is 0 Å². The van der Waals surface area contributed by atoms with Crippen molar-refractivity contribution in [3.05, 3.63) is 0 Å². The van der Waals surface area contributed by atoms with Gasteiger partial charge in [0.25, 0.3) is 0 Å². The van der Waals surface area contributed by atoms with Crippen LogP contribution in [0.4, 0.5) is 0 Å². The molecular weight excluding hydrogens is 486 g/mol. The molecule has 12 heteroatoms. The van der Waals surface area contributed by atoms with Crippen LogP contribution in [0.5, 0.6) is 0 Å². The maximum Gasteiger partial charge on any atom is 0.306 e. The van der Waals surface area contributed by atoms with Gasteiger partial charge in [-0.25, -0.2) is 0 Å². The molecule has 0 aromatic rings. The number of ether oxygens (including phenoxy) is 2. The Morgan fingerprint density at radius 2 is 1.24 bits per heavy atom. The molecule has 0 bridgehead atoms. The highest BCUT2D eigenvalue weighted by Gasteiger charge is 2.32. The summed E-state index contributed by atoms with van der Waals surface area (Å²) in [4.78, 5) is 49.2. The van der Waals surface area contributed by atoms with Crippen LogP contribution < -0.4 is 16.0 Å². The highest BCUT2D eigenvalue weighted by atomic mass is 16.6. The topological polar surface area (TPSA) is 184 Å². The van der Waals surface area contributed by atoms with Gasteiger partial charge in [0.2, 0.25) is 11.8 Å². The summed E-state index contributed by atoms with van der Waals surface area (Å²) in [7, 11) is 0. The molecule has 37 heavy (non-hydrogen) atoms. The minimum atomic E-state index is -1.79. The van der Waals surface area contributed by atoms with Crippen molar-refractivity contribution in [3.63, 3.8) is 0 Å². The smallest absolute Gasteiger partial charge is 0.306 e. The molecule has 6 N–H and O–H groups in total. The number of hydrogen-bond acceptors (Lipinski definition) is 10. The first kappa shape index (κ1) is 34.7. The lowest BCUT2D eigenvalue weighted by Crippen LogP contribution is -2.59. The standard InChI is InChI=1S/C25H47N3O9/c1-14(2)20(23(34)35)28-22(33)17(11-13-19(31)37-25(7,8)9)27-21(32)16(26-15(3)29)10-12-18(30)36-24(4,5)6/h14,16-17,20,22-23,28,33-35H,10-13H2,1-9H3,(H,26,29)(H,27,32). The molecule has 0 aliphatic heterocycles. The molecule has 0 spiro atoms. The molecular formula is C25H47N3O9. The molecule has 0 aromatic heterocycles. The molecule has 0 aliphatic carbocycles. The zero-order valence-corrected chi connectivity index (χ0v) is 23.6. The molecule has 0 rings (SSSR count). The fraction of sp³-hybridized carbons (Fsp3) is 0.840. The van der Waals surface area contributed by atoms with Gasteiger partial charge in [-0.3, -0.25) is 24.5 Å². The summed E-state index contributed by atoms with van der Waals surface area (Å²) in [5.74, 6) is -2.59. The summed E-state index contributed by atoms with van der Waals surface area (Å²) in [6, 6.07) is -3.13. The van der Waals surface area contributed by atoms with Crippen molar-refractivity contribution in [3.8, 4) is 0 Å². The first-order chi connectivity index (χ1) is 16.7. The van der Waals surface area contributed by atoms with E-state index in [1.54, 1.807) is 55.4 Å². The first-order valence-electron chi connectivity index (χ1n) is 12.5. The van der Waals surface area contributed by atoms with Crippen LogP contribution in [0.3, 0.4) is 0 Å². The number of rotatable bonds is 14. The van der Waals surface area contributed by atoms with E-state index < -0.39 is 65.6 Å². The van der Waals surface area contributed by atoms with Crippen LogP contribution in [0.1, 0.15) is 88.0 Å². The second-order valence-corrected chi connectivity index (χ2v) is 11.4. The number of aliphatic hydroxyl groups is 3. The average Bonchev–Trinajstić information content (AvgIpc) is 2.68. The van der Waals surface area contributed by atoms with Crippen molar-refractivity contribution in [1.29, 1.82) is 0 Å². The fourth-order valence-electron chi connectivity index (χ4n) is 3.36. The summed E-state index contributed by atoms with van der Waals surface area (Å²) in [5, 5.41) is 37.9. The van der Waals surface area contributed by atoms with Gasteiger partial charge in [-0.1, -0.05) is 13.8 Å². The van der Waals surface area contributed by atoms with Crippen molar-refractivity contribution in [1.82, 2.24) is 16.0 Å². The predicted octanol–water partition coefficient (Wildman–Crippen LogP) is 0.463. The summed E-state index contributed by atoms with van der Waals surface area (Å²) in [6.07, 6.45) is -3.70. The van der Waals surface area contributed by atoms with E-state index in [1.807, 2.05) is 0 Å². The maximum atomic E-state index is 13.1. The van der Waals surface area contributed by atoms with Crippen molar-refractivity contribution in [2.45, 2.75) is 130 Å². The first-order valence-corrected chi connectivity index (χ1v) is 12.5. The lowest BCUT2D eigenvalue weighted by atomic mass is 10.0. The number of hydrogen-bond donors (Lipinski definition) is 6. The van der Waals surface area contributed by atoms with E-state index in [0.29, 0.717) is 0 Å². The van der Waals surface area contributed by atoms with Gasteiger partial charge in [0.15, 0.2) is 6.29 Å². The Hall–Kier alpha value is -2.28. The zero-order valence-electron chi connectivity index (χ0n) is 23.6. The molecule has 2 amide bonds. The molecule has 0 saturated carbocycles. The summed E-state index contributed by atoms with van der Waals surface area (Å²) >= 11 is 0. The third-order valence-electron chi connectivity index (χ3n) is 4.94. The Kier molecular flexibility index (Phi) is 14.3. The molecule has 0 radical (unpaired) electrons. The second-order valence-electron chi connectivity index (χ2n) is 11.4. The third-order valence-corrected chi connectivity index (χ3v) is 4.94. The molecule has 0 saturated heterocycles. The van der Waals surface area contributed by atoms with Crippen LogP contribution in [-0.2, 0) is 28.7 Å². The Morgan fingerprint density at radius 1 is 0.784 bits per heavy atom. The van der Waals surface area contributed by atoms with Crippen LogP contribution >= 0.6 is 0 Å². The molecule has 12 nitrogen and oxygen atoms in total. The van der Waals surface area contributed by atoms with Crippen molar-refractivity contribution in [2.24, 2.45) is 5.92 Å². The van der Waals surface area contributed by atoms with E-state index >= 15 is 0 Å². The normalized spacial score (nSPS) is 15.5. The molecule has 4 unspecified atom stereocenters. The molecule has 0 fully saturated rings. The number of esters is 2. The summed E-state index contributed by atoms with van der Waals surface area (Å²) < 4.78 is 10.5. The van der Waals surface area contributed by atoms with Crippen LogP contribution in [0.15, 0.2) is 0 Å². The van der Waals surface area contributed by atoms with Crippen LogP contribution in [0.25, 0.3) is 0 Å². The largest absolute Gasteiger partial charge is 0.460 e. The van der Waals surface area contributed by atoms with Gasteiger partial charge in [0.05, 0.1) is 12.1 Å². The highest BCUT2D eigenvalue weighted by molar-refractivity contribution is 5.87. The minimum Gasteiger partial charge on any atom is -0.460 e. The van der Waals surface area contributed by atoms with E-state index in [4.69, 9.17) is 9.47 Å². The Morgan fingerprint density at radius 3 is 1.62 bits per heavy atom. The van der Waals surface area contributed by atoms with Gasteiger partial charge < -0.3 is 35.4 Å². The number of carbonyl (C=O) groups excluding carboxylic acids is 4. The Balaban J connectivity index is 5.64. The van der Waals surface area contributed by atoms with Crippen LogP contribution in [0.2, 0.25) is 0 Å². The lowest BCUT2D eigenvalue weighted by Gasteiger charge is -2.32. The summed E-state index contributed by atoms with van der Waals surface area (Å²) in [5.41, 5.74) is -1.44. The molecule has 0 aromatic carbocycles. The predicted molar refractivity (Wildman–Crippen MR) is 136 cm³/mol. The Bertz CT molecular complexity index is 749. The monoisotopic (exact) mass is 533 g/mol. The van der Waals surface area contributed by atoms with Crippen molar-refractivity contribution < 1.29 is 44.0 Å². The number of carbonyl (C=O) groups is 4. The number of nitrogens with one attached hydrogen (secondary N) is 3. The molecule has 4 atom stereocenters. The van der Waals surface area contributed by atoms with E-state index in [0.717, 1.165) is 0 Å². The van der Waals surface area contributed by atoms with Gasteiger partial charge >= 0.3 is 11.9 Å². The molecule has 0 heterocycles. The van der Waals surface area contributed by atoms with E-state index in [9.17, 15) is 34.5 Å². The van der Waals surface area contributed by atoms with Gasteiger partial charge in [-0.15, -0.1) is 0 Å². The SMILES string of the molecule is CC(=O)NC(CCC(=O)OC(C)(C)C)C(=O)NC(CCC(=O)OC(C)(C)C)C(O)NC(C(C)C)C(O)O. The minimum absolute atomic E-state index is 0.0555. The number of amides is 2. The van der Waals surface area contributed by atoms with Crippen molar-refractivity contribution >= 4 is 23.8 Å². The van der Waals surface area contributed by atoms with Crippen LogP contribution in [0, 0.1) is 5.92 Å². The number of aliphatic hydroxyl groups excluding tert-OH is 2. The molecule has 216 valence electrons. The van der Waals surface area contributed by atoms with E-state index in [2.05, 4.69) is 16.0 Å². The van der Waals surface area contributed by atoms with Gasteiger partial charge in [0.1, 0.15) is 23.5 Å². The van der Waals surface area contributed by atoms with Crippen LogP contribution in [-0.4, -0.2) is 80.9 Å². The summed E-state index contributed by atoms with van der Waals surface area (Å²) in [6.45, 7) is 14.9. The molecule has 0 aliphatic rings. The fourth-order valence-corrected chi connectivity index (χ4v) is 3.36. The maximum absolute atomic E-state index is 13.1. The average molecular weight is 534 g/mol. The van der Waals surface area contributed by atoms with Gasteiger partial charge in [-0.2, -0.15) is 0 Å². The van der Waals surface area contributed by atoms with Gasteiger partial charge in [-0.05, 0) is 60.3 Å².